The smallest absolute Gasteiger partial charge is 0.164 e. The maximum absolute atomic E-state index is 11.8. The molecule has 0 aromatic rings. The lowest BCUT2D eigenvalue weighted by Gasteiger charge is -2.48. The van der Waals surface area contributed by atoms with Crippen LogP contribution in [0.1, 0.15) is 53.4 Å². The van der Waals surface area contributed by atoms with E-state index in [1.54, 1.807) is 6.92 Å². The third kappa shape index (κ3) is 1.30. The van der Waals surface area contributed by atoms with Gasteiger partial charge < -0.3 is 9.84 Å². The van der Waals surface area contributed by atoms with Crippen molar-refractivity contribution >= 4 is 5.78 Å². The van der Waals surface area contributed by atoms with Crippen molar-refractivity contribution < 1.29 is 14.6 Å². The molecule has 3 aliphatic rings. The third-order valence-electron chi connectivity index (χ3n) is 6.05. The molecule has 3 heteroatoms. The number of rotatable bonds is 2. The van der Waals surface area contributed by atoms with Gasteiger partial charge in [0.15, 0.2) is 11.4 Å². The van der Waals surface area contributed by atoms with Gasteiger partial charge >= 0.3 is 0 Å². The highest BCUT2D eigenvalue weighted by atomic mass is 16.6. The first-order valence-electron chi connectivity index (χ1n) is 7.16. The second-order valence-electron chi connectivity index (χ2n) is 7.31. The van der Waals surface area contributed by atoms with Gasteiger partial charge in [-0.15, -0.1) is 0 Å². The molecule has 3 nitrogen and oxygen atoms in total. The molecule has 2 aliphatic carbocycles. The van der Waals surface area contributed by atoms with Crippen molar-refractivity contribution in [3.8, 4) is 0 Å². The summed E-state index contributed by atoms with van der Waals surface area (Å²) in [7, 11) is 0. The van der Waals surface area contributed by atoms with Gasteiger partial charge in [-0.25, -0.2) is 0 Å². The van der Waals surface area contributed by atoms with Gasteiger partial charge in [-0.05, 0) is 43.4 Å². The molecule has 1 saturated heterocycles. The van der Waals surface area contributed by atoms with E-state index in [0.717, 1.165) is 19.3 Å². The van der Waals surface area contributed by atoms with E-state index in [1.165, 1.54) is 0 Å². The highest BCUT2D eigenvalue weighted by Crippen LogP contribution is 2.66. The Labute approximate surface area is 109 Å². The summed E-state index contributed by atoms with van der Waals surface area (Å²) in [6.07, 6.45) is 3.54. The first kappa shape index (κ1) is 12.6. The molecule has 0 spiro atoms. The first-order valence-corrected chi connectivity index (χ1v) is 7.16. The maximum Gasteiger partial charge on any atom is 0.164 e. The summed E-state index contributed by atoms with van der Waals surface area (Å²) in [5.41, 5.74) is -1.44. The van der Waals surface area contributed by atoms with Crippen molar-refractivity contribution in [1.82, 2.24) is 0 Å². The second kappa shape index (κ2) is 3.37. The molecule has 0 amide bonds. The predicted molar refractivity (Wildman–Crippen MR) is 68.1 cm³/mol. The van der Waals surface area contributed by atoms with E-state index in [2.05, 4.69) is 20.8 Å². The average Bonchev–Trinajstić information content (AvgIpc) is 2.84. The molecule has 102 valence electrons. The molecule has 3 rings (SSSR count). The lowest BCUT2D eigenvalue weighted by atomic mass is 9.59. The van der Waals surface area contributed by atoms with E-state index in [-0.39, 0.29) is 17.3 Å². The van der Waals surface area contributed by atoms with Crippen LogP contribution in [0, 0.1) is 17.3 Å². The van der Waals surface area contributed by atoms with Crippen LogP contribution in [0.15, 0.2) is 0 Å². The monoisotopic (exact) mass is 252 g/mol. The van der Waals surface area contributed by atoms with Gasteiger partial charge in [0.1, 0.15) is 0 Å². The summed E-state index contributed by atoms with van der Waals surface area (Å²) in [4.78, 5) is 11.8. The Morgan fingerprint density at radius 1 is 1.44 bits per heavy atom. The maximum atomic E-state index is 11.8. The first-order chi connectivity index (χ1) is 8.25. The minimum Gasteiger partial charge on any atom is -0.389 e. The van der Waals surface area contributed by atoms with Gasteiger partial charge in [0.25, 0.3) is 0 Å². The Morgan fingerprint density at radius 2 is 2.11 bits per heavy atom. The summed E-state index contributed by atoms with van der Waals surface area (Å²) in [6.45, 7) is 8.13. The van der Waals surface area contributed by atoms with Gasteiger partial charge in [0.05, 0.1) is 11.7 Å². The van der Waals surface area contributed by atoms with E-state index in [1.807, 2.05) is 0 Å². The zero-order chi connectivity index (χ0) is 13.3. The molecule has 1 aliphatic heterocycles. The Morgan fingerprint density at radius 3 is 2.67 bits per heavy atom. The number of fused-ring (bicyclic) bond motifs is 2. The fourth-order valence-electron chi connectivity index (χ4n) is 4.71. The largest absolute Gasteiger partial charge is 0.389 e. The van der Waals surface area contributed by atoms with Crippen LogP contribution in [0.25, 0.3) is 0 Å². The number of epoxide rings is 1. The van der Waals surface area contributed by atoms with Crippen molar-refractivity contribution in [2.45, 2.75) is 70.7 Å². The predicted octanol–water partition coefficient (Wildman–Crippen LogP) is 2.31. The molecule has 5 atom stereocenters. The number of carbonyl (C=O) groups is 1. The van der Waals surface area contributed by atoms with E-state index in [0.29, 0.717) is 18.3 Å². The van der Waals surface area contributed by atoms with Crippen LogP contribution in [-0.2, 0) is 9.53 Å². The van der Waals surface area contributed by atoms with E-state index >= 15 is 0 Å². The van der Waals surface area contributed by atoms with Gasteiger partial charge in [-0.2, -0.15) is 0 Å². The molecular weight excluding hydrogens is 228 g/mol. The Bertz CT molecular complexity index is 405. The Kier molecular flexibility index (Phi) is 2.36. The minimum atomic E-state index is -0.722. The average molecular weight is 252 g/mol. The quantitative estimate of drug-likeness (QED) is 0.767. The number of ether oxygens (including phenoxy) is 1. The molecule has 0 aromatic carbocycles. The molecule has 18 heavy (non-hydrogen) atoms. The molecule has 0 unspecified atom stereocenters. The van der Waals surface area contributed by atoms with Crippen molar-refractivity contribution in [3.05, 3.63) is 0 Å². The van der Waals surface area contributed by atoms with Crippen molar-refractivity contribution in [1.29, 1.82) is 0 Å². The van der Waals surface area contributed by atoms with E-state index in [9.17, 15) is 9.90 Å². The zero-order valence-electron chi connectivity index (χ0n) is 11.8. The molecular formula is C15H24O3. The van der Waals surface area contributed by atoms with Crippen molar-refractivity contribution in [3.63, 3.8) is 0 Å². The van der Waals surface area contributed by atoms with Crippen LogP contribution in [0.5, 0.6) is 0 Å². The van der Waals surface area contributed by atoms with Crippen LogP contribution < -0.4 is 0 Å². The molecule has 0 aromatic heterocycles. The van der Waals surface area contributed by atoms with Crippen LogP contribution in [0.2, 0.25) is 0 Å². The minimum absolute atomic E-state index is 0.0613. The van der Waals surface area contributed by atoms with Gasteiger partial charge in [-0.1, -0.05) is 20.8 Å². The van der Waals surface area contributed by atoms with Crippen molar-refractivity contribution in [2.24, 2.45) is 17.3 Å². The number of aliphatic hydroxyl groups is 1. The Balaban J connectivity index is 1.97. The summed E-state index contributed by atoms with van der Waals surface area (Å²) < 4.78 is 5.71. The van der Waals surface area contributed by atoms with Crippen molar-refractivity contribution in [2.75, 3.05) is 0 Å². The number of ketones is 1. The van der Waals surface area contributed by atoms with Gasteiger partial charge in [0, 0.05) is 6.42 Å². The standard InChI is InChI=1S/C15H24O3/c1-9(2)11-5-6-13(4)7-12-14(18-12,10(3)16)8-15(11,13)17/h9,11-12,17H,5-8H2,1-4H3/t11-,12-,13-,14-,15+/m1/s1. The second-order valence-corrected chi connectivity index (χ2v) is 7.31. The number of hydrogen-bond acceptors (Lipinski definition) is 3. The molecule has 2 saturated carbocycles. The fourth-order valence-corrected chi connectivity index (χ4v) is 4.71. The molecule has 1 N–H and O–H groups in total. The third-order valence-corrected chi connectivity index (χ3v) is 6.05. The molecule has 0 bridgehead atoms. The van der Waals surface area contributed by atoms with E-state index in [4.69, 9.17) is 4.74 Å². The van der Waals surface area contributed by atoms with E-state index < -0.39 is 11.2 Å². The summed E-state index contributed by atoms with van der Waals surface area (Å²) in [5.74, 6) is 0.845. The molecule has 3 fully saturated rings. The number of Topliss-reactive ketones (excluding diaryl/α,β-unsaturated/α-hetero) is 1. The lowest BCUT2D eigenvalue weighted by Crippen LogP contribution is -2.56. The summed E-state index contributed by atoms with van der Waals surface area (Å²) in [6, 6.07) is 0. The molecule has 0 radical (unpaired) electrons. The van der Waals surface area contributed by atoms with Gasteiger partial charge in [0.2, 0.25) is 0 Å². The van der Waals surface area contributed by atoms with Crippen LogP contribution >= 0.6 is 0 Å². The zero-order valence-corrected chi connectivity index (χ0v) is 11.8. The number of hydrogen-bond donors (Lipinski definition) is 1. The summed E-state index contributed by atoms with van der Waals surface area (Å²) in [5, 5.41) is 11.3. The highest BCUT2D eigenvalue weighted by molar-refractivity contribution is 5.89. The molecule has 1 heterocycles. The fraction of sp³-hybridized carbons (Fsp3) is 0.933. The number of carbonyl (C=O) groups excluding carboxylic acids is 1. The normalized spacial score (nSPS) is 54.1. The Hall–Kier alpha value is -0.410. The SMILES string of the molecule is CC(=O)[C@]12C[C@]3(O)[C@@H](C(C)C)CC[C@]3(C)C[C@H]1O2. The van der Waals surface area contributed by atoms with Crippen LogP contribution in [0.3, 0.4) is 0 Å². The highest BCUT2D eigenvalue weighted by Gasteiger charge is 2.74. The van der Waals surface area contributed by atoms with Crippen LogP contribution in [-0.4, -0.2) is 28.2 Å². The van der Waals surface area contributed by atoms with Crippen LogP contribution in [0.4, 0.5) is 0 Å². The van der Waals surface area contributed by atoms with Gasteiger partial charge in [-0.3, -0.25) is 4.79 Å². The lowest BCUT2D eigenvalue weighted by molar-refractivity contribution is -0.141. The summed E-state index contributed by atoms with van der Waals surface area (Å²) >= 11 is 0. The topological polar surface area (TPSA) is 49.8 Å².